The molecule has 0 aromatic heterocycles. The van der Waals surface area contributed by atoms with Gasteiger partial charge in [0, 0.05) is 32.1 Å². The number of rotatable bonds is 3. The summed E-state index contributed by atoms with van der Waals surface area (Å²) in [6, 6.07) is 4.83. The molecule has 0 radical (unpaired) electrons. The van der Waals surface area contributed by atoms with E-state index >= 15 is 0 Å². The molecule has 7 heteroatoms. The number of sulfonamides is 1. The first-order chi connectivity index (χ1) is 10.1. The van der Waals surface area contributed by atoms with Crippen LogP contribution in [0, 0.1) is 0 Å². The highest BCUT2D eigenvalue weighted by molar-refractivity contribution is 7.89. The van der Waals surface area contributed by atoms with Crippen LogP contribution in [0.5, 0.6) is 11.5 Å². The SMILES string of the molecule is CN(C1CCNC1)S(=O)(=O)c1ccc2c(c1)OCCCO2. The molecule has 1 atom stereocenters. The van der Waals surface area contributed by atoms with Gasteiger partial charge in [0.15, 0.2) is 11.5 Å². The van der Waals surface area contributed by atoms with Crippen LogP contribution in [0.25, 0.3) is 0 Å². The molecule has 0 aliphatic carbocycles. The summed E-state index contributed by atoms with van der Waals surface area (Å²) in [5.41, 5.74) is 0. The Bertz CT molecular complexity index is 611. The summed E-state index contributed by atoms with van der Waals surface area (Å²) in [4.78, 5) is 0.251. The molecule has 2 heterocycles. The topological polar surface area (TPSA) is 67.9 Å². The molecule has 1 aromatic rings. The van der Waals surface area contributed by atoms with Crippen molar-refractivity contribution in [1.29, 1.82) is 0 Å². The normalized spacial score (nSPS) is 22.3. The third-order valence-corrected chi connectivity index (χ3v) is 5.85. The van der Waals surface area contributed by atoms with Crippen LogP contribution in [0.15, 0.2) is 23.1 Å². The highest BCUT2D eigenvalue weighted by atomic mass is 32.2. The molecule has 0 saturated carbocycles. The van der Waals surface area contributed by atoms with E-state index < -0.39 is 10.0 Å². The average molecular weight is 312 g/mol. The van der Waals surface area contributed by atoms with Crippen molar-refractivity contribution in [2.75, 3.05) is 33.4 Å². The number of ether oxygens (including phenoxy) is 2. The Balaban J connectivity index is 1.90. The second kappa shape index (κ2) is 5.82. The summed E-state index contributed by atoms with van der Waals surface area (Å²) < 4.78 is 37.9. The van der Waals surface area contributed by atoms with E-state index in [1.54, 1.807) is 25.2 Å². The van der Waals surface area contributed by atoms with Crippen molar-refractivity contribution >= 4 is 10.0 Å². The van der Waals surface area contributed by atoms with Crippen molar-refractivity contribution in [1.82, 2.24) is 9.62 Å². The molecule has 1 unspecified atom stereocenters. The maximum absolute atomic E-state index is 12.7. The maximum Gasteiger partial charge on any atom is 0.243 e. The van der Waals surface area contributed by atoms with Gasteiger partial charge in [0.2, 0.25) is 10.0 Å². The molecule has 2 aliphatic heterocycles. The lowest BCUT2D eigenvalue weighted by Crippen LogP contribution is -2.38. The number of hydrogen-bond donors (Lipinski definition) is 1. The fourth-order valence-corrected chi connectivity index (χ4v) is 4.02. The van der Waals surface area contributed by atoms with Gasteiger partial charge in [-0.1, -0.05) is 0 Å². The molecular formula is C14H20N2O4S. The molecule has 21 heavy (non-hydrogen) atoms. The van der Waals surface area contributed by atoms with Crippen molar-refractivity contribution in [3.8, 4) is 11.5 Å². The zero-order valence-electron chi connectivity index (χ0n) is 12.0. The molecule has 1 N–H and O–H groups in total. The minimum absolute atomic E-state index is 0.00554. The quantitative estimate of drug-likeness (QED) is 0.895. The smallest absolute Gasteiger partial charge is 0.243 e. The zero-order valence-corrected chi connectivity index (χ0v) is 12.9. The second-order valence-corrected chi connectivity index (χ2v) is 7.32. The van der Waals surface area contributed by atoms with Gasteiger partial charge in [0.05, 0.1) is 18.1 Å². The lowest BCUT2D eigenvalue weighted by Gasteiger charge is -2.23. The first-order valence-electron chi connectivity index (χ1n) is 7.17. The van der Waals surface area contributed by atoms with Crippen molar-refractivity contribution in [2.24, 2.45) is 0 Å². The number of likely N-dealkylation sites (N-methyl/N-ethyl adjacent to an activating group) is 1. The van der Waals surface area contributed by atoms with Crippen LogP contribution in [-0.4, -0.2) is 52.1 Å². The molecule has 1 saturated heterocycles. The van der Waals surface area contributed by atoms with Crippen LogP contribution < -0.4 is 14.8 Å². The zero-order chi connectivity index (χ0) is 14.9. The van der Waals surface area contributed by atoms with Gasteiger partial charge >= 0.3 is 0 Å². The lowest BCUT2D eigenvalue weighted by atomic mass is 10.3. The second-order valence-electron chi connectivity index (χ2n) is 5.33. The van der Waals surface area contributed by atoms with Gasteiger partial charge in [0.25, 0.3) is 0 Å². The molecule has 0 bridgehead atoms. The predicted octanol–water partition coefficient (Wildman–Crippen LogP) is 0.830. The monoisotopic (exact) mass is 312 g/mol. The fraction of sp³-hybridized carbons (Fsp3) is 0.571. The largest absolute Gasteiger partial charge is 0.490 e. The summed E-state index contributed by atoms with van der Waals surface area (Å²) in [5, 5.41) is 3.18. The van der Waals surface area contributed by atoms with Crippen LogP contribution >= 0.6 is 0 Å². The Hall–Kier alpha value is -1.31. The Morgan fingerprint density at radius 3 is 2.71 bits per heavy atom. The summed E-state index contributed by atoms with van der Waals surface area (Å²) in [6.07, 6.45) is 1.63. The van der Waals surface area contributed by atoms with Gasteiger partial charge < -0.3 is 14.8 Å². The molecule has 6 nitrogen and oxygen atoms in total. The minimum atomic E-state index is -3.51. The molecule has 0 spiro atoms. The van der Waals surface area contributed by atoms with Crippen LogP contribution in [0.2, 0.25) is 0 Å². The predicted molar refractivity (Wildman–Crippen MR) is 78.3 cm³/mol. The number of nitrogens with one attached hydrogen (secondary N) is 1. The van der Waals surface area contributed by atoms with Gasteiger partial charge in [0.1, 0.15) is 0 Å². The highest BCUT2D eigenvalue weighted by Gasteiger charge is 2.30. The summed E-state index contributed by atoms with van der Waals surface area (Å²) in [7, 11) is -1.88. The van der Waals surface area contributed by atoms with Crippen LogP contribution in [0.4, 0.5) is 0 Å². The molecular weight excluding hydrogens is 292 g/mol. The van der Waals surface area contributed by atoms with Crippen LogP contribution in [0.3, 0.4) is 0 Å². The third-order valence-electron chi connectivity index (χ3n) is 3.94. The van der Waals surface area contributed by atoms with E-state index in [0.717, 1.165) is 19.4 Å². The lowest BCUT2D eigenvalue weighted by molar-refractivity contribution is 0.296. The average Bonchev–Trinajstić information content (AvgIpc) is 2.91. The molecule has 1 fully saturated rings. The third kappa shape index (κ3) is 2.86. The Labute approximate surface area is 125 Å². The van der Waals surface area contributed by atoms with Crippen molar-refractivity contribution in [3.63, 3.8) is 0 Å². The fourth-order valence-electron chi connectivity index (χ4n) is 2.62. The van der Waals surface area contributed by atoms with Gasteiger partial charge in [-0.05, 0) is 25.1 Å². The van der Waals surface area contributed by atoms with Gasteiger partial charge in [-0.3, -0.25) is 0 Å². The first-order valence-corrected chi connectivity index (χ1v) is 8.61. The maximum atomic E-state index is 12.7. The number of benzene rings is 1. The van der Waals surface area contributed by atoms with Crippen LogP contribution in [-0.2, 0) is 10.0 Å². The van der Waals surface area contributed by atoms with Crippen molar-refractivity contribution in [2.45, 2.75) is 23.8 Å². The molecule has 0 amide bonds. The Morgan fingerprint density at radius 1 is 1.24 bits per heavy atom. The Kier molecular flexibility index (Phi) is 4.05. The minimum Gasteiger partial charge on any atom is -0.490 e. The van der Waals surface area contributed by atoms with Gasteiger partial charge in [-0.15, -0.1) is 0 Å². The van der Waals surface area contributed by atoms with E-state index in [1.807, 2.05) is 0 Å². The van der Waals surface area contributed by atoms with Gasteiger partial charge in [-0.25, -0.2) is 8.42 Å². The Morgan fingerprint density at radius 2 is 2.00 bits per heavy atom. The van der Waals surface area contributed by atoms with E-state index in [1.165, 1.54) is 4.31 Å². The summed E-state index contributed by atoms with van der Waals surface area (Å²) in [5.74, 6) is 1.11. The molecule has 1 aromatic carbocycles. The standard InChI is InChI=1S/C14H20N2O4S/c1-16(11-5-6-15-10-11)21(17,18)12-3-4-13-14(9-12)20-8-2-7-19-13/h3-4,9,11,15H,2,5-8,10H2,1H3. The number of hydrogen-bond acceptors (Lipinski definition) is 5. The number of nitrogens with zero attached hydrogens (tertiary/aromatic N) is 1. The van der Waals surface area contributed by atoms with Crippen molar-refractivity contribution in [3.05, 3.63) is 18.2 Å². The first kappa shape index (κ1) is 14.6. The molecule has 3 rings (SSSR count). The van der Waals surface area contributed by atoms with E-state index in [-0.39, 0.29) is 10.9 Å². The summed E-state index contributed by atoms with van der Waals surface area (Å²) in [6.45, 7) is 2.68. The van der Waals surface area contributed by atoms with E-state index in [4.69, 9.17) is 9.47 Å². The van der Waals surface area contributed by atoms with Gasteiger partial charge in [-0.2, -0.15) is 4.31 Å². The molecule has 2 aliphatic rings. The van der Waals surface area contributed by atoms with Crippen LogP contribution in [0.1, 0.15) is 12.8 Å². The van der Waals surface area contributed by atoms with E-state index in [2.05, 4.69) is 5.32 Å². The molecule has 116 valence electrons. The van der Waals surface area contributed by atoms with E-state index in [0.29, 0.717) is 31.3 Å². The van der Waals surface area contributed by atoms with E-state index in [9.17, 15) is 8.42 Å². The summed E-state index contributed by atoms with van der Waals surface area (Å²) >= 11 is 0. The highest BCUT2D eigenvalue weighted by Crippen LogP contribution is 2.33. The van der Waals surface area contributed by atoms with Crippen molar-refractivity contribution < 1.29 is 17.9 Å². The number of fused-ring (bicyclic) bond motifs is 1.